The van der Waals surface area contributed by atoms with Crippen LogP contribution >= 0.6 is 11.6 Å². The van der Waals surface area contributed by atoms with Crippen LogP contribution in [0.4, 0.5) is 17.6 Å². The number of alkyl halides is 2. The molecule has 1 aromatic heterocycles. The van der Waals surface area contributed by atoms with Crippen molar-refractivity contribution in [2.45, 2.75) is 6.61 Å². The van der Waals surface area contributed by atoms with Gasteiger partial charge in [-0.05, 0) is 36.4 Å². The minimum atomic E-state index is -3.07. The Labute approximate surface area is 154 Å². The van der Waals surface area contributed by atoms with E-state index in [1.54, 1.807) is 6.07 Å². The molecule has 0 atom stereocenters. The molecule has 3 aromatic rings. The lowest BCUT2D eigenvalue weighted by Gasteiger charge is -2.11. The van der Waals surface area contributed by atoms with Crippen LogP contribution in [-0.2, 0) is 9.59 Å². The van der Waals surface area contributed by atoms with Crippen molar-refractivity contribution in [2.75, 3.05) is 0 Å². The number of benzene rings is 2. The molecule has 0 saturated carbocycles. The minimum Gasteiger partial charge on any atom is -0.435 e. The maximum absolute atomic E-state index is 13.7. The Morgan fingerprint density at radius 2 is 1.78 bits per heavy atom. The number of nitrogens with zero attached hydrogens (tertiary/aromatic N) is 2. The van der Waals surface area contributed by atoms with Crippen LogP contribution in [0.15, 0.2) is 48.7 Å². The number of rotatable bonds is 4. The molecule has 0 aliphatic rings. The molecule has 0 saturated heterocycles. The highest BCUT2D eigenvalue weighted by Crippen LogP contribution is 2.29. The Kier molecular flexibility index (Phi) is 6.70. The molecular formula is C17H9ClF4N2O3. The lowest BCUT2D eigenvalue weighted by Crippen LogP contribution is -2.03. The van der Waals surface area contributed by atoms with E-state index in [4.69, 9.17) is 21.2 Å². The second kappa shape index (κ2) is 8.98. The fourth-order valence-electron chi connectivity index (χ4n) is 2.23. The molecular weight excluding hydrogens is 392 g/mol. The van der Waals surface area contributed by atoms with Crippen molar-refractivity contribution in [1.82, 2.24) is 9.78 Å². The topological polar surface area (TPSA) is 61.2 Å². The Balaban J connectivity index is 0.000000817. The Hall–Kier alpha value is -3.16. The molecule has 0 amide bonds. The molecule has 140 valence electrons. The fraction of sp³-hybridized carbons (Fsp3) is 0.0588. The summed E-state index contributed by atoms with van der Waals surface area (Å²) in [5.74, 6) is -1.65. The third kappa shape index (κ3) is 5.16. The van der Waals surface area contributed by atoms with E-state index in [1.807, 2.05) is 0 Å². The summed E-state index contributed by atoms with van der Waals surface area (Å²) in [6, 6.07) is 8.77. The van der Waals surface area contributed by atoms with Crippen LogP contribution in [0.3, 0.4) is 0 Å². The zero-order valence-electron chi connectivity index (χ0n) is 13.2. The average Bonchev–Trinajstić information content (AvgIpc) is 3.06. The summed E-state index contributed by atoms with van der Waals surface area (Å²) in [4.78, 5) is 16.2. The van der Waals surface area contributed by atoms with Crippen molar-refractivity contribution in [3.8, 4) is 22.7 Å². The number of aromatic nitrogens is 2. The lowest BCUT2D eigenvalue weighted by molar-refractivity contribution is -0.191. The zero-order chi connectivity index (χ0) is 20.0. The first-order valence-corrected chi connectivity index (χ1v) is 7.48. The first-order valence-electron chi connectivity index (χ1n) is 7.10. The largest absolute Gasteiger partial charge is 0.435 e. The first-order chi connectivity index (χ1) is 12.8. The van der Waals surface area contributed by atoms with Crippen molar-refractivity contribution >= 4 is 17.8 Å². The molecule has 0 N–H and O–H groups in total. The van der Waals surface area contributed by atoms with Gasteiger partial charge < -0.3 is 4.74 Å². The van der Waals surface area contributed by atoms with Crippen molar-refractivity contribution < 1.29 is 31.9 Å². The SMILES string of the molecule is Fc1cc(OC(F)F)cc(-c2ccnn2-c2ccc(F)c(Cl)c2)c1.O=C=O. The van der Waals surface area contributed by atoms with Gasteiger partial charge in [0.1, 0.15) is 17.4 Å². The second-order valence-corrected chi connectivity index (χ2v) is 5.27. The summed E-state index contributed by atoms with van der Waals surface area (Å²) in [6.45, 7) is -3.07. The summed E-state index contributed by atoms with van der Waals surface area (Å²) in [5, 5.41) is 3.98. The minimum absolute atomic E-state index is 0.102. The monoisotopic (exact) mass is 400 g/mol. The molecule has 0 fully saturated rings. The van der Waals surface area contributed by atoms with Crippen LogP contribution in [0.2, 0.25) is 5.02 Å². The number of carbonyl (C=O) groups excluding carboxylic acids is 2. The highest BCUT2D eigenvalue weighted by molar-refractivity contribution is 6.30. The molecule has 1 heterocycles. The number of hydrogen-bond acceptors (Lipinski definition) is 4. The van der Waals surface area contributed by atoms with Gasteiger partial charge in [0.05, 0.1) is 22.6 Å². The quantitative estimate of drug-likeness (QED) is 0.605. The normalized spacial score (nSPS) is 10.1. The molecule has 10 heteroatoms. The Bertz CT molecular complexity index is 973. The Morgan fingerprint density at radius 3 is 2.41 bits per heavy atom. The van der Waals surface area contributed by atoms with Crippen molar-refractivity contribution in [2.24, 2.45) is 0 Å². The first kappa shape index (κ1) is 20.2. The zero-order valence-corrected chi connectivity index (χ0v) is 14.0. The number of halogens is 5. The summed E-state index contributed by atoms with van der Waals surface area (Å²) in [7, 11) is 0. The van der Waals surface area contributed by atoms with Gasteiger partial charge in [0, 0.05) is 11.6 Å². The summed E-state index contributed by atoms with van der Waals surface area (Å²) >= 11 is 5.76. The van der Waals surface area contributed by atoms with Gasteiger partial charge in [-0.3, -0.25) is 0 Å². The van der Waals surface area contributed by atoms with E-state index >= 15 is 0 Å². The van der Waals surface area contributed by atoms with Gasteiger partial charge in [-0.25, -0.2) is 13.5 Å². The third-order valence-corrected chi connectivity index (χ3v) is 3.47. The van der Waals surface area contributed by atoms with E-state index in [1.165, 1.54) is 35.1 Å². The lowest BCUT2D eigenvalue weighted by atomic mass is 10.1. The summed E-state index contributed by atoms with van der Waals surface area (Å²) in [5.41, 5.74) is 1.10. The molecule has 0 aliphatic heterocycles. The predicted molar refractivity (Wildman–Crippen MR) is 85.6 cm³/mol. The van der Waals surface area contributed by atoms with Crippen LogP contribution in [0.25, 0.3) is 16.9 Å². The van der Waals surface area contributed by atoms with Crippen molar-refractivity contribution in [3.63, 3.8) is 0 Å². The fourth-order valence-corrected chi connectivity index (χ4v) is 2.40. The molecule has 5 nitrogen and oxygen atoms in total. The van der Waals surface area contributed by atoms with Gasteiger partial charge in [0.15, 0.2) is 0 Å². The van der Waals surface area contributed by atoms with Crippen molar-refractivity contribution in [1.29, 1.82) is 0 Å². The number of hydrogen-bond donors (Lipinski definition) is 0. The van der Waals surface area contributed by atoms with E-state index in [0.29, 0.717) is 11.4 Å². The molecule has 0 spiro atoms. The maximum Gasteiger partial charge on any atom is 0.387 e. The summed E-state index contributed by atoms with van der Waals surface area (Å²) in [6.07, 6.45) is 1.69. The molecule has 0 bridgehead atoms. The van der Waals surface area contributed by atoms with Crippen LogP contribution in [0.5, 0.6) is 5.75 Å². The van der Waals surface area contributed by atoms with Crippen LogP contribution in [0, 0.1) is 11.6 Å². The predicted octanol–water partition coefficient (Wildman–Crippen LogP) is 4.49. The van der Waals surface area contributed by atoms with Crippen LogP contribution in [-0.4, -0.2) is 22.5 Å². The molecule has 0 radical (unpaired) electrons. The third-order valence-electron chi connectivity index (χ3n) is 3.18. The highest BCUT2D eigenvalue weighted by Gasteiger charge is 2.13. The van der Waals surface area contributed by atoms with E-state index in [0.717, 1.165) is 12.1 Å². The van der Waals surface area contributed by atoms with Gasteiger partial charge in [-0.15, -0.1) is 0 Å². The van der Waals surface area contributed by atoms with Crippen LogP contribution in [0.1, 0.15) is 0 Å². The standard InChI is InChI=1S/C16H9ClF4N2O.CO2/c17-13-8-11(1-2-14(13)19)23-15(3-4-22-23)9-5-10(18)7-12(6-9)24-16(20)21;2-1-3/h1-8,16H;. The van der Waals surface area contributed by atoms with Gasteiger partial charge in [-0.2, -0.15) is 23.5 Å². The molecule has 27 heavy (non-hydrogen) atoms. The highest BCUT2D eigenvalue weighted by atomic mass is 35.5. The molecule has 0 unspecified atom stereocenters. The second-order valence-electron chi connectivity index (χ2n) is 4.86. The average molecular weight is 401 g/mol. The van der Waals surface area contributed by atoms with Gasteiger partial charge in [0.25, 0.3) is 0 Å². The molecule has 2 aromatic carbocycles. The molecule has 3 rings (SSSR count). The smallest absolute Gasteiger partial charge is 0.387 e. The Morgan fingerprint density at radius 1 is 1.07 bits per heavy atom. The van der Waals surface area contributed by atoms with Crippen molar-refractivity contribution in [3.05, 3.63) is 65.3 Å². The van der Waals surface area contributed by atoms with E-state index in [9.17, 15) is 17.6 Å². The van der Waals surface area contributed by atoms with E-state index < -0.39 is 18.2 Å². The van der Waals surface area contributed by atoms with Gasteiger partial charge in [-0.1, -0.05) is 11.6 Å². The molecule has 0 aliphatic carbocycles. The van der Waals surface area contributed by atoms with E-state index in [2.05, 4.69) is 9.84 Å². The van der Waals surface area contributed by atoms with E-state index in [-0.39, 0.29) is 22.5 Å². The maximum atomic E-state index is 13.7. The van der Waals surface area contributed by atoms with Crippen LogP contribution < -0.4 is 4.74 Å². The summed E-state index contributed by atoms with van der Waals surface area (Å²) < 4.78 is 57.3. The van der Waals surface area contributed by atoms with Gasteiger partial charge >= 0.3 is 12.8 Å². The van der Waals surface area contributed by atoms with Gasteiger partial charge in [0.2, 0.25) is 0 Å². The number of ether oxygens (including phenoxy) is 1.